The van der Waals surface area contributed by atoms with Crippen LogP contribution in [0.5, 0.6) is 0 Å². The second-order valence-electron chi connectivity index (χ2n) is 13.0. The highest BCUT2D eigenvalue weighted by molar-refractivity contribution is 7.20. The van der Waals surface area contributed by atoms with E-state index in [9.17, 15) is 14.4 Å². The van der Waals surface area contributed by atoms with Gasteiger partial charge in [0, 0.05) is 29.1 Å². The number of ether oxygens (including phenoxy) is 1. The second-order valence-corrected chi connectivity index (χ2v) is 14.0. The van der Waals surface area contributed by atoms with Crippen LogP contribution in [0.25, 0.3) is 21.1 Å². The average molecular weight is 628 g/mol. The SMILES string of the molecule is Cc1cc(C(=O)Nc2cccc(C(CNC(=O)OC(C)(C)C)NC(=O)c3cc4cc5cc(C(C)(C)C)ccc5nc4s3)c2)no1. The summed E-state index contributed by atoms with van der Waals surface area (Å²) in [6.45, 7) is 13.6. The van der Waals surface area contributed by atoms with Crippen LogP contribution in [0.4, 0.5) is 10.5 Å². The number of carbonyl (C=O) groups excluding carboxylic acids is 3. The number of rotatable bonds is 7. The number of fused-ring (bicyclic) bond motifs is 2. The molecule has 0 saturated heterocycles. The van der Waals surface area contributed by atoms with E-state index >= 15 is 0 Å². The maximum Gasteiger partial charge on any atom is 0.407 e. The van der Waals surface area contributed by atoms with Gasteiger partial charge in [0.15, 0.2) is 5.69 Å². The van der Waals surface area contributed by atoms with Crippen molar-refractivity contribution in [1.82, 2.24) is 20.8 Å². The summed E-state index contributed by atoms with van der Waals surface area (Å²) in [5.74, 6) is -0.235. The number of alkyl carbamates (subject to hydrolysis) is 1. The Kier molecular flexibility index (Phi) is 8.66. The van der Waals surface area contributed by atoms with Gasteiger partial charge < -0.3 is 25.2 Å². The summed E-state index contributed by atoms with van der Waals surface area (Å²) in [5, 5.41) is 14.3. The first-order valence-electron chi connectivity index (χ1n) is 14.6. The third kappa shape index (κ3) is 7.85. The number of amides is 3. The average Bonchev–Trinajstić information content (AvgIpc) is 3.58. The molecule has 3 amide bonds. The van der Waals surface area contributed by atoms with E-state index < -0.39 is 23.6 Å². The number of nitrogens with zero attached hydrogens (tertiary/aromatic N) is 2. The first kappa shape index (κ1) is 31.6. The van der Waals surface area contributed by atoms with Gasteiger partial charge in [-0.25, -0.2) is 9.78 Å². The van der Waals surface area contributed by atoms with Gasteiger partial charge in [-0.15, -0.1) is 11.3 Å². The van der Waals surface area contributed by atoms with Gasteiger partial charge in [-0.05, 0) is 80.6 Å². The molecule has 0 spiro atoms. The third-order valence-electron chi connectivity index (χ3n) is 6.95. The van der Waals surface area contributed by atoms with Crippen molar-refractivity contribution in [3.8, 4) is 0 Å². The molecular weight excluding hydrogens is 590 g/mol. The quantitative estimate of drug-likeness (QED) is 0.172. The van der Waals surface area contributed by atoms with Gasteiger partial charge in [0.25, 0.3) is 11.8 Å². The molecule has 45 heavy (non-hydrogen) atoms. The Morgan fingerprint density at radius 1 is 0.933 bits per heavy atom. The van der Waals surface area contributed by atoms with E-state index in [0.717, 1.165) is 21.1 Å². The molecule has 1 atom stereocenters. The van der Waals surface area contributed by atoms with E-state index in [4.69, 9.17) is 14.2 Å². The molecule has 0 aliphatic carbocycles. The molecule has 3 aromatic heterocycles. The topological polar surface area (TPSA) is 135 Å². The Balaban J connectivity index is 1.40. The van der Waals surface area contributed by atoms with E-state index in [2.05, 4.69) is 60.1 Å². The molecule has 10 nitrogen and oxygen atoms in total. The van der Waals surface area contributed by atoms with Crippen LogP contribution in [0.1, 0.15) is 84.6 Å². The molecule has 3 N–H and O–H groups in total. The molecule has 0 saturated carbocycles. The summed E-state index contributed by atoms with van der Waals surface area (Å²) in [6, 6.07) is 18.1. The number of benzene rings is 2. The van der Waals surface area contributed by atoms with Crippen molar-refractivity contribution in [1.29, 1.82) is 0 Å². The number of anilines is 1. The van der Waals surface area contributed by atoms with Crippen LogP contribution in [0, 0.1) is 6.92 Å². The predicted molar refractivity (Wildman–Crippen MR) is 176 cm³/mol. The predicted octanol–water partition coefficient (Wildman–Crippen LogP) is 7.29. The number of carbonyl (C=O) groups is 3. The van der Waals surface area contributed by atoms with E-state index in [1.54, 1.807) is 52.0 Å². The first-order valence-corrected chi connectivity index (χ1v) is 15.4. The van der Waals surface area contributed by atoms with Crippen molar-refractivity contribution in [3.05, 3.63) is 88.1 Å². The lowest BCUT2D eigenvalue weighted by Crippen LogP contribution is -2.40. The van der Waals surface area contributed by atoms with Gasteiger partial charge in [0.05, 0.1) is 16.4 Å². The Morgan fingerprint density at radius 3 is 2.40 bits per heavy atom. The molecule has 0 aliphatic heterocycles. The number of aromatic nitrogens is 2. The largest absolute Gasteiger partial charge is 0.444 e. The van der Waals surface area contributed by atoms with E-state index in [-0.39, 0.29) is 23.6 Å². The molecule has 3 heterocycles. The van der Waals surface area contributed by atoms with E-state index in [1.807, 2.05) is 18.2 Å². The summed E-state index contributed by atoms with van der Waals surface area (Å²) < 4.78 is 10.4. The fourth-order valence-electron chi connectivity index (χ4n) is 4.70. The fourth-order valence-corrected chi connectivity index (χ4v) is 5.62. The zero-order valence-electron chi connectivity index (χ0n) is 26.4. The fraction of sp³-hybridized carbons (Fsp3) is 0.324. The maximum absolute atomic E-state index is 13.6. The minimum Gasteiger partial charge on any atom is -0.444 e. The Bertz CT molecular complexity index is 1900. The van der Waals surface area contributed by atoms with Gasteiger partial charge >= 0.3 is 6.09 Å². The maximum atomic E-state index is 13.6. The molecule has 1 unspecified atom stereocenters. The number of hydrogen-bond acceptors (Lipinski definition) is 8. The second kappa shape index (κ2) is 12.3. The molecule has 0 bridgehead atoms. The molecule has 2 aromatic carbocycles. The molecule has 5 rings (SSSR count). The first-order chi connectivity index (χ1) is 21.1. The molecule has 234 valence electrons. The van der Waals surface area contributed by atoms with Crippen LogP contribution in [0.2, 0.25) is 0 Å². The number of thiophene rings is 1. The molecule has 0 fully saturated rings. The minimum absolute atomic E-state index is 0.000477. The zero-order valence-corrected chi connectivity index (χ0v) is 27.2. The number of nitrogens with one attached hydrogen (secondary N) is 3. The highest BCUT2D eigenvalue weighted by Crippen LogP contribution is 2.31. The zero-order chi connectivity index (χ0) is 32.5. The molecular formula is C34H37N5O5S. The van der Waals surface area contributed by atoms with Crippen LogP contribution in [-0.2, 0) is 10.2 Å². The molecule has 5 aromatic rings. The lowest BCUT2D eigenvalue weighted by atomic mass is 9.86. The highest BCUT2D eigenvalue weighted by Gasteiger charge is 2.23. The van der Waals surface area contributed by atoms with Gasteiger partial charge in [-0.3, -0.25) is 9.59 Å². The van der Waals surface area contributed by atoms with E-state index in [1.165, 1.54) is 16.9 Å². The normalized spacial score (nSPS) is 12.6. The molecule has 0 radical (unpaired) electrons. The molecule has 0 aliphatic rings. The lowest BCUT2D eigenvalue weighted by Gasteiger charge is -2.23. The van der Waals surface area contributed by atoms with Gasteiger partial charge in [0.1, 0.15) is 16.2 Å². The van der Waals surface area contributed by atoms with Crippen molar-refractivity contribution in [2.75, 3.05) is 11.9 Å². The molecule has 11 heteroatoms. The van der Waals surface area contributed by atoms with Crippen LogP contribution in [-0.4, -0.2) is 40.2 Å². The van der Waals surface area contributed by atoms with Crippen LogP contribution >= 0.6 is 11.3 Å². The summed E-state index contributed by atoms with van der Waals surface area (Å²) in [5.41, 5.74) is 2.68. The van der Waals surface area contributed by atoms with E-state index in [0.29, 0.717) is 21.9 Å². The van der Waals surface area contributed by atoms with Crippen molar-refractivity contribution < 1.29 is 23.6 Å². The van der Waals surface area contributed by atoms with Crippen LogP contribution < -0.4 is 16.0 Å². The number of aryl methyl sites for hydroxylation is 1. The summed E-state index contributed by atoms with van der Waals surface area (Å²) >= 11 is 1.30. The summed E-state index contributed by atoms with van der Waals surface area (Å²) in [7, 11) is 0. The smallest absolute Gasteiger partial charge is 0.407 e. The number of hydrogen-bond donors (Lipinski definition) is 3. The van der Waals surface area contributed by atoms with Crippen LogP contribution in [0.3, 0.4) is 0 Å². The Morgan fingerprint density at radius 2 is 1.71 bits per heavy atom. The highest BCUT2D eigenvalue weighted by atomic mass is 32.1. The van der Waals surface area contributed by atoms with Gasteiger partial charge in [-0.2, -0.15) is 0 Å². The number of pyridine rings is 1. The minimum atomic E-state index is -0.687. The van der Waals surface area contributed by atoms with Gasteiger partial charge in [0.2, 0.25) is 0 Å². The summed E-state index contributed by atoms with van der Waals surface area (Å²) in [4.78, 5) is 44.9. The van der Waals surface area contributed by atoms with Crippen molar-refractivity contribution in [2.24, 2.45) is 0 Å². The summed E-state index contributed by atoms with van der Waals surface area (Å²) in [6.07, 6.45) is -0.611. The lowest BCUT2D eigenvalue weighted by molar-refractivity contribution is 0.0519. The Labute approximate surface area is 265 Å². The van der Waals surface area contributed by atoms with Crippen molar-refractivity contribution in [2.45, 2.75) is 65.5 Å². The van der Waals surface area contributed by atoms with Crippen LogP contribution in [0.15, 0.2) is 65.2 Å². The monoisotopic (exact) mass is 627 g/mol. The van der Waals surface area contributed by atoms with Crippen molar-refractivity contribution >= 4 is 56.1 Å². The third-order valence-corrected chi connectivity index (χ3v) is 8.00. The van der Waals surface area contributed by atoms with Gasteiger partial charge in [-0.1, -0.05) is 44.1 Å². The standard InChI is InChI=1S/C34H37N5O5S/c1-19-13-26(39-44-19)29(40)36-24-10-8-9-20(16-24)27(18-35-32(42)43-34(5,6)7)37-30(41)28-17-22-14-21-15-23(33(2,3)4)11-12-25(21)38-31(22)45-28/h8-17,27H,18H2,1-7H3,(H,35,42)(H,36,40)(H,37,41). The Hall–Kier alpha value is -4.77. The van der Waals surface area contributed by atoms with Crippen molar-refractivity contribution in [3.63, 3.8) is 0 Å².